The van der Waals surface area contributed by atoms with Crippen molar-refractivity contribution in [3.8, 4) is 0 Å². The summed E-state index contributed by atoms with van der Waals surface area (Å²) in [6.45, 7) is 7.06. The summed E-state index contributed by atoms with van der Waals surface area (Å²) < 4.78 is 12.8. The van der Waals surface area contributed by atoms with Crippen LogP contribution >= 0.6 is 15.9 Å². The highest BCUT2D eigenvalue weighted by Gasteiger charge is 2.34. The molecule has 4 rings (SSSR count). The Morgan fingerprint density at radius 1 is 1.03 bits per heavy atom. The molecule has 6 heteroatoms. The molecule has 0 bridgehead atoms. The number of ether oxygens (including phenoxy) is 2. The van der Waals surface area contributed by atoms with E-state index in [4.69, 9.17) is 14.3 Å². The van der Waals surface area contributed by atoms with Gasteiger partial charge in [0.25, 0.3) is 0 Å². The van der Waals surface area contributed by atoms with Gasteiger partial charge in [0.15, 0.2) is 0 Å². The minimum absolute atomic E-state index is 0.131. The summed E-state index contributed by atoms with van der Waals surface area (Å²) in [6, 6.07) is 23.1. The van der Waals surface area contributed by atoms with Crippen molar-refractivity contribution in [1.82, 2.24) is 5.06 Å². The third-order valence-corrected chi connectivity index (χ3v) is 6.22. The molecule has 1 aliphatic rings. The first-order valence-corrected chi connectivity index (χ1v) is 12.1. The second kappa shape index (κ2) is 10.2. The maximum Gasteiger partial charge on any atom is 0.528 e. The summed E-state index contributed by atoms with van der Waals surface area (Å²) in [5.41, 5.74) is 1.74. The minimum atomic E-state index is -0.683. The largest absolute Gasteiger partial charge is 0.528 e. The van der Waals surface area contributed by atoms with Crippen molar-refractivity contribution in [1.29, 1.82) is 0 Å². The number of hydroxylamine groups is 2. The number of rotatable bonds is 5. The molecule has 5 nitrogen and oxygen atoms in total. The molecule has 2 unspecified atom stereocenters. The number of benzene rings is 3. The summed E-state index contributed by atoms with van der Waals surface area (Å²) in [4.78, 5) is 17.7. The molecular formula is C27H30BrNO4. The van der Waals surface area contributed by atoms with Crippen LogP contribution in [0, 0.1) is 0 Å². The van der Waals surface area contributed by atoms with Gasteiger partial charge >= 0.3 is 6.16 Å². The normalized spacial score (nSPS) is 19.4. The fourth-order valence-electron chi connectivity index (χ4n) is 4.14. The van der Waals surface area contributed by atoms with E-state index in [1.54, 1.807) is 5.06 Å². The summed E-state index contributed by atoms with van der Waals surface area (Å²) in [5.74, 6) is 0.206. The molecule has 33 heavy (non-hydrogen) atoms. The lowest BCUT2D eigenvalue weighted by atomic mass is 9.87. The van der Waals surface area contributed by atoms with Gasteiger partial charge in [0.1, 0.15) is 5.60 Å². The molecule has 0 aliphatic carbocycles. The van der Waals surface area contributed by atoms with Crippen molar-refractivity contribution < 1.29 is 19.1 Å². The van der Waals surface area contributed by atoms with Gasteiger partial charge in [0.05, 0.1) is 19.3 Å². The third-order valence-electron chi connectivity index (χ3n) is 5.69. The molecule has 1 saturated heterocycles. The number of nitrogens with zero attached hydrogens (tertiary/aromatic N) is 1. The zero-order chi connectivity index (χ0) is 23.4. The van der Waals surface area contributed by atoms with Crippen molar-refractivity contribution in [2.24, 2.45) is 0 Å². The molecule has 174 valence electrons. The van der Waals surface area contributed by atoms with Crippen LogP contribution in [0.3, 0.4) is 0 Å². The highest BCUT2D eigenvalue weighted by Crippen LogP contribution is 2.32. The zero-order valence-electron chi connectivity index (χ0n) is 19.3. The Morgan fingerprint density at radius 2 is 1.76 bits per heavy atom. The predicted molar refractivity (Wildman–Crippen MR) is 133 cm³/mol. The van der Waals surface area contributed by atoms with E-state index < -0.39 is 11.8 Å². The van der Waals surface area contributed by atoms with Gasteiger partial charge in [-0.25, -0.2) is 4.79 Å². The summed E-state index contributed by atoms with van der Waals surface area (Å²) in [5, 5.41) is 4.07. The molecular weight excluding hydrogens is 482 g/mol. The molecule has 2 atom stereocenters. The van der Waals surface area contributed by atoms with Crippen LogP contribution in [0.5, 0.6) is 0 Å². The summed E-state index contributed by atoms with van der Waals surface area (Å²) in [7, 11) is 0. The number of carbonyl (C=O) groups excluding carboxylic acids is 1. The van der Waals surface area contributed by atoms with E-state index in [9.17, 15) is 4.79 Å². The quantitative estimate of drug-likeness (QED) is 0.350. The van der Waals surface area contributed by atoms with Crippen LogP contribution in [0.4, 0.5) is 4.79 Å². The van der Waals surface area contributed by atoms with Crippen molar-refractivity contribution in [3.63, 3.8) is 0 Å². The molecule has 1 aliphatic heterocycles. The first-order chi connectivity index (χ1) is 15.8. The Labute approximate surface area is 203 Å². The number of hydrogen-bond donors (Lipinski definition) is 0. The average molecular weight is 512 g/mol. The number of hydrogen-bond acceptors (Lipinski definition) is 5. The standard InChI is InChI=1S/C27H30BrNO4/c1-27(2,3)32-26(30)33-29-15-14-24(21-10-12-23(28)13-11-21)25(17-29)31-18-19-8-9-20-6-4-5-7-22(20)16-19/h4-13,16,24-25H,14-15,17-18H2,1-3H3. The molecule has 1 heterocycles. The first kappa shape index (κ1) is 23.7. The average Bonchev–Trinajstić information content (AvgIpc) is 2.77. The Morgan fingerprint density at radius 3 is 2.48 bits per heavy atom. The van der Waals surface area contributed by atoms with E-state index in [0.29, 0.717) is 19.7 Å². The fourth-order valence-corrected chi connectivity index (χ4v) is 4.40. The van der Waals surface area contributed by atoms with Gasteiger partial charge in [0.2, 0.25) is 0 Å². The van der Waals surface area contributed by atoms with E-state index in [1.807, 2.05) is 32.9 Å². The summed E-state index contributed by atoms with van der Waals surface area (Å²) >= 11 is 3.52. The molecule has 0 spiro atoms. The van der Waals surface area contributed by atoms with E-state index in [-0.39, 0.29) is 12.0 Å². The number of halogens is 1. The number of piperidine rings is 1. The van der Waals surface area contributed by atoms with Crippen LogP contribution in [0.15, 0.2) is 71.2 Å². The van der Waals surface area contributed by atoms with Gasteiger partial charge in [-0.2, -0.15) is 0 Å². The van der Waals surface area contributed by atoms with E-state index >= 15 is 0 Å². The minimum Gasteiger partial charge on any atom is -0.427 e. The Bertz CT molecular complexity index is 1090. The SMILES string of the molecule is CC(C)(C)OC(=O)ON1CCC(c2ccc(Br)cc2)C(OCc2ccc3ccccc3c2)C1. The lowest BCUT2D eigenvalue weighted by Crippen LogP contribution is -2.45. The Hall–Kier alpha value is -2.41. The van der Waals surface area contributed by atoms with Gasteiger partial charge in [-0.15, -0.1) is 5.06 Å². The maximum absolute atomic E-state index is 12.2. The fraction of sp³-hybridized carbons (Fsp3) is 0.370. The zero-order valence-corrected chi connectivity index (χ0v) is 20.9. The topological polar surface area (TPSA) is 48.0 Å². The van der Waals surface area contributed by atoms with Gasteiger partial charge in [-0.05, 0) is 67.3 Å². The third kappa shape index (κ3) is 6.56. The lowest BCUT2D eigenvalue weighted by Gasteiger charge is -2.37. The molecule has 3 aromatic carbocycles. The second-order valence-corrected chi connectivity index (χ2v) is 10.3. The van der Waals surface area contributed by atoms with Crippen LogP contribution in [0.2, 0.25) is 0 Å². The maximum atomic E-state index is 12.2. The Balaban J connectivity index is 1.48. The lowest BCUT2D eigenvalue weighted by molar-refractivity contribution is -0.179. The van der Waals surface area contributed by atoms with Crippen LogP contribution in [-0.2, 0) is 20.9 Å². The molecule has 3 aromatic rings. The van der Waals surface area contributed by atoms with Crippen molar-refractivity contribution in [3.05, 3.63) is 82.3 Å². The van der Waals surface area contributed by atoms with Crippen LogP contribution in [0.1, 0.15) is 44.2 Å². The molecule has 1 fully saturated rings. The van der Waals surface area contributed by atoms with Gasteiger partial charge < -0.3 is 14.3 Å². The van der Waals surface area contributed by atoms with Crippen LogP contribution < -0.4 is 0 Å². The van der Waals surface area contributed by atoms with E-state index in [0.717, 1.165) is 16.5 Å². The van der Waals surface area contributed by atoms with Gasteiger partial charge in [-0.3, -0.25) is 0 Å². The summed E-state index contributed by atoms with van der Waals surface area (Å²) in [6.07, 6.45) is -0.000919. The van der Waals surface area contributed by atoms with E-state index in [1.165, 1.54) is 16.3 Å². The van der Waals surface area contributed by atoms with Crippen LogP contribution in [0.25, 0.3) is 10.8 Å². The molecule has 0 aromatic heterocycles. The van der Waals surface area contributed by atoms with Crippen molar-refractivity contribution in [2.45, 2.75) is 51.4 Å². The second-order valence-electron chi connectivity index (χ2n) is 9.42. The first-order valence-electron chi connectivity index (χ1n) is 11.3. The van der Waals surface area contributed by atoms with Gasteiger partial charge in [0, 0.05) is 16.9 Å². The highest BCUT2D eigenvalue weighted by molar-refractivity contribution is 9.10. The monoisotopic (exact) mass is 511 g/mol. The molecule has 0 saturated carbocycles. The number of fused-ring (bicyclic) bond motifs is 1. The Kier molecular flexibility index (Phi) is 7.37. The molecule has 0 amide bonds. The van der Waals surface area contributed by atoms with Crippen molar-refractivity contribution >= 4 is 32.9 Å². The van der Waals surface area contributed by atoms with Gasteiger partial charge in [-0.1, -0.05) is 64.5 Å². The predicted octanol–water partition coefficient (Wildman–Crippen LogP) is 6.84. The highest BCUT2D eigenvalue weighted by atomic mass is 79.9. The van der Waals surface area contributed by atoms with Crippen LogP contribution in [-0.4, -0.2) is 36.0 Å². The molecule has 0 radical (unpaired) electrons. The number of carbonyl (C=O) groups is 1. The van der Waals surface area contributed by atoms with E-state index in [2.05, 4.69) is 70.5 Å². The molecule has 0 N–H and O–H groups in total. The smallest absolute Gasteiger partial charge is 0.427 e. The van der Waals surface area contributed by atoms with Crippen molar-refractivity contribution in [2.75, 3.05) is 13.1 Å².